The lowest BCUT2D eigenvalue weighted by molar-refractivity contribution is -0.254. The number of nitrogens with one attached hydrogen (secondary N) is 1. The van der Waals surface area contributed by atoms with Crippen LogP contribution < -0.4 is 20.2 Å². The molecule has 1 amide bonds. The molecule has 254 valence electrons. The number of nitrogens with zero attached hydrogens (tertiary/aromatic N) is 2. The third-order valence-corrected chi connectivity index (χ3v) is 10.9. The van der Waals surface area contributed by atoms with Gasteiger partial charge in [0.1, 0.15) is 0 Å². The van der Waals surface area contributed by atoms with Gasteiger partial charge in [0.15, 0.2) is 0 Å². The van der Waals surface area contributed by atoms with Crippen LogP contribution in [0.25, 0.3) is 44.2 Å². The molecule has 3 heterocycles. The van der Waals surface area contributed by atoms with Crippen molar-refractivity contribution in [1.29, 1.82) is 0 Å². The zero-order valence-electron chi connectivity index (χ0n) is 29.6. The van der Waals surface area contributed by atoms with E-state index in [9.17, 15) is 14.7 Å². The van der Waals surface area contributed by atoms with Crippen LogP contribution in [-0.2, 0) is 5.88 Å². The van der Waals surface area contributed by atoms with Crippen molar-refractivity contribution in [1.82, 2.24) is 0 Å². The largest absolute Gasteiger partial charge is 0.545 e. The Kier molecular flexibility index (Phi) is 7.83. The summed E-state index contributed by atoms with van der Waals surface area (Å²) in [5, 5.41) is 17.5. The van der Waals surface area contributed by atoms with E-state index in [1.54, 1.807) is 42.5 Å². The van der Waals surface area contributed by atoms with Gasteiger partial charge in [-0.05, 0) is 94.1 Å². The van der Waals surface area contributed by atoms with Crippen molar-refractivity contribution in [2.24, 2.45) is 0 Å². The molecule has 0 radical (unpaired) electrons. The quantitative estimate of drug-likeness (QED) is 0.113. The van der Waals surface area contributed by atoms with Gasteiger partial charge in [0.05, 0.1) is 57.0 Å². The number of hydrogen-bond acceptors (Lipinski definition) is 5. The molecule has 2 aliphatic heterocycles. The van der Waals surface area contributed by atoms with Gasteiger partial charge in [-0.25, -0.2) is 4.42 Å². The summed E-state index contributed by atoms with van der Waals surface area (Å²) >= 11 is 5.95. The fraction of sp³-hybridized carbons (Fsp3) is 0.262. The van der Waals surface area contributed by atoms with Crippen LogP contribution in [0.4, 0.5) is 17.1 Å². The molecule has 0 saturated carbocycles. The fourth-order valence-electron chi connectivity index (χ4n) is 7.49. The third kappa shape index (κ3) is 5.32. The van der Waals surface area contributed by atoms with Gasteiger partial charge < -0.3 is 25.0 Å². The van der Waals surface area contributed by atoms with Crippen LogP contribution in [0.15, 0.2) is 83.3 Å². The maximum absolute atomic E-state index is 13.4. The molecule has 2 aliphatic rings. The number of likely N-dealkylation sites (N-methyl/N-ethyl adjacent to an activating group) is 2. The van der Waals surface area contributed by atoms with E-state index < -0.39 is 11.9 Å². The normalized spacial score (nSPS) is 16.1. The average Bonchev–Trinajstić information content (AvgIpc) is 3.07. The number of hydrogen-bond donors (Lipinski definition) is 1. The number of benzene rings is 4. The van der Waals surface area contributed by atoms with Crippen molar-refractivity contribution in [3.63, 3.8) is 0 Å². The molecular formula is C42H40ClN3O4. The zero-order valence-corrected chi connectivity index (χ0v) is 30.4. The molecule has 0 saturated heterocycles. The molecule has 0 unspecified atom stereocenters. The number of carboxylic acid groups (broad SMARTS) is 1. The van der Waals surface area contributed by atoms with E-state index in [2.05, 4.69) is 107 Å². The Hall–Kier alpha value is -5.14. The second kappa shape index (κ2) is 11.7. The molecule has 0 fully saturated rings. The molecule has 0 spiro atoms. The minimum absolute atomic E-state index is 0.112. The first-order valence-electron chi connectivity index (χ1n) is 16.7. The number of amides is 1. The van der Waals surface area contributed by atoms with E-state index >= 15 is 0 Å². The monoisotopic (exact) mass is 685 g/mol. The van der Waals surface area contributed by atoms with E-state index in [1.165, 1.54) is 0 Å². The first-order chi connectivity index (χ1) is 23.6. The molecule has 5 aromatic rings. The van der Waals surface area contributed by atoms with Crippen LogP contribution in [0.1, 0.15) is 78.9 Å². The number of rotatable bonds is 5. The SMILES string of the molecule is CC1=CC(C)(C)N(C)c2cc3[o+]c4cc5c(cc4c(-c4cccc(NC(=O)c6ccc(CCl)cc6)c4C(=O)[O-])c3cc21)C(C)=CC(C)(C)N5C. The van der Waals surface area contributed by atoms with Gasteiger partial charge in [0, 0.05) is 47.8 Å². The summed E-state index contributed by atoms with van der Waals surface area (Å²) < 4.78 is 6.78. The van der Waals surface area contributed by atoms with Gasteiger partial charge in [-0.15, -0.1) is 11.6 Å². The molecular weight excluding hydrogens is 646 g/mol. The van der Waals surface area contributed by atoms with Crippen molar-refractivity contribution >= 4 is 73.6 Å². The second-order valence-corrected chi connectivity index (χ2v) is 14.9. The summed E-state index contributed by atoms with van der Waals surface area (Å²) in [6.45, 7) is 12.9. The number of allylic oxidation sites excluding steroid dienone is 2. The van der Waals surface area contributed by atoms with Crippen LogP contribution in [0.3, 0.4) is 0 Å². The number of halogens is 1. The first kappa shape index (κ1) is 33.4. The summed E-state index contributed by atoms with van der Waals surface area (Å²) in [5.74, 6) is -1.52. The van der Waals surface area contributed by atoms with Gasteiger partial charge in [-0.3, -0.25) is 4.79 Å². The number of aromatic carboxylic acids is 1. The molecule has 0 aliphatic carbocycles. The number of carboxylic acids is 1. The van der Waals surface area contributed by atoms with Crippen LogP contribution in [0, 0.1) is 0 Å². The molecule has 50 heavy (non-hydrogen) atoms. The van der Waals surface area contributed by atoms with Crippen molar-refractivity contribution < 1.29 is 19.1 Å². The lowest BCUT2D eigenvalue weighted by Gasteiger charge is -2.40. The molecule has 4 aromatic carbocycles. The maximum atomic E-state index is 13.4. The smallest absolute Gasteiger partial charge is 0.363 e. The summed E-state index contributed by atoms with van der Waals surface area (Å²) in [6.07, 6.45) is 4.48. The van der Waals surface area contributed by atoms with Crippen LogP contribution >= 0.6 is 11.6 Å². The Morgan fingerprint density at radius 2 is 1.30 bits per heavy atom. The van der Waals surface area contributed by atoms with Gasteiger partial charge in [0.2, 0.25) is 0 Å². The minimum Gasteiger partial charge on any atom is -0.545 e. The summed E-state index contributed by atoms with van der Waals surface area (Å²) in [4.78, 5) is 31.0. The third-order valence-electron chi connectivity index (χ3n) is 10.6. The Labute approximate surface area is 297 Å². The van der Waals surface area contributed by atoms with E-state index in [0.29, 0.717) is 33.7 Å². The summed E-state index contributed by atoms with van der Waals surface area (Å²) in [7, 11) is 4.14. The second-order valence-electron chi connectivity index (χ2n) is 14.6. The molecule has 7 nitrogen and oxygen atoms in total. The van der Waals surface area contributed by atoms with Crippen LogP contribution in [0.2, 0.25) is 0 Å². The molecule has 1 N–H and O–H groups in total. The predicted octanol–water partition coefficient (Wildman–Crippen LogP) is 9.15. The highest BCUT2D eigenvalue weighted by Gasteiger charge is 2.35. The average molecular weight is 686 g/mol. The van der Waals surface area contributed by atoms with Crippen molar-refractivity contribution in [2.75, 3.05) is 29.2 Å². The van der Waals surface area contributed by atoms with Gasteiger partial charge in [-0.2, -0.15) is 0 Å². The Balaban J connectivity index is 1.54. The number of carbonyl (C=O) groups is 2. The number of anilines is 3. The zero-order chi connectivity index (χ0) is 35.9. The lowest BCUT2D eigenvalue weighted by Crippen LogP contribution is -2.42. The van der Waals surface area contributed by atoms with E-state index in [1.807, 2.05) is 0 Å². The van der Waals surface area contributed by atoms with Crippen molar-refractivity contribution in [2.45, 2.75) is 58.5 Å². The van der Waals surface area contributed by atoms with E-state index in [0.717, 1.165) is 50.0 Å². The van der Waals surface area contributed by atoms with Crippen molar-refractivity contribution in [3.8, 4) is 11.1 Å². The number of alkyl halides is 1. The molecule has 0 bridgehead atoms. The highest BCUT2D eigenvalue weighted by molar-refractivity contribution is 6.18. The van der Waals surface area contributed by atoms with Gasteiger partial charge >= 0.3 is 11.2 Å². The minimum atomic E-state index is -1.40. The highest BCUT2D eigenvalue weighted by atomic mass is 35.5. The molecule has 7 rings (SSSR count). The summed E-state index contributed by atoms with van der Waals surface area (Å²) in [6, 6.07) is 20.3. The molecule has 1 aromatic heterocycles. The Bertz CT molecular complexity index is 2240. The topological polar surface area (TPSA) is 87.0 Å². The van der Waals surface area contributed by atoms with Crippen molar-refractivity contribution in [3.05, 3.63) is 107 Å². The number of fused-ring (bicyclic) bond motifs is 4. The summed E-state index contributed by atoms with van der Waals surface area (Å²) in [5.41, 5.74) is 9.52. The Morgan fingerprint density at radius 3 is 1.78 bits per heavy atom. The van der Waals surface area contributed by atoms with E-state index in [4.69, 9.17) is 16.0 Å². The van der Waals surface area contributed by atoms with Crippen LogP contribution in [0.5, 0.6) is 0 Å². The predicted molar refractivity (Wildman–Crippen MR) is 204 cm³/mol. The maximum Gasteiger partial charge on any atom is 0.363 e. The molecule has 8 heteroatoms. The highest BCUT2D eigenvalue weighted by Crippen LogP contribution is 2.48. The first-order valence-corrected chi connectivity index (χ1v) is 17.2. The lowest BCUT2D eigenvalue weighted by atomic mass is 9.85. The number of carbonyl (C=O) groups excluding carboxylic acids is 2. The van der Waals surface area contributed by atoms with Gasteiger partial charge in [0.25, 0.3) is 5.91 Å². The standard InChI is InChI=1S/C42H40ClN3O4/c1-23-20-41(3,4)45(7)33-18-35-30(16-28(23)33)37(31-17-29-24(2)21-42(5,6)46(8)34(29)19-36(31)50-35)27-10-9-11-32(38(27)40(48)49)44-39(47)26-14-12-25(22-43)13-15-26/h9-21H,22H2,1-8H3,(H-,44,47,48,49). The van der Waals surface area contributed by atoms with Gasteiger partial charge in [-0.1, -0.05) is 36.4 Å². The van der Waals surface area contributed by atoms with Crippen LogP contribution in [-0.4, -0.2) is 37.0 Å². The fourth-order valence-corrected chi connectivity index (χ4v) is 7.67. The van der Waals surface area contributed by atoms with E-state index in [-0.39, 0.29) is 22.3 Å². The molecule has 0 atom stereocenters. The Morgan fingerprint density at radius 1 is 0.780 bits per heavy atom.